The van der Waals surface area contributed by atoms with Crippen LogP contribution in [0.4, 0.5) is 0 Å². The van der Waals surface area contributed by atoms with E-state index < -0.39 is 5.54 Å². The minimum Gasteiger partial charge on any atom is -0.354 e. The third-order valence-corrected chi connectivity index (χ3v) is 4.99. The van der Waals surface area contributed by atoms with Crippen LogP contribution in [0.2, 0.25) is 0 Å². The number of hydrogen-bond donors (Lipinski definition) is 3. The van der Waals surface area contributed by atoms with Crippen molar-refractivity contribution in [3.05, 3.63) is 0 Å². The van der Waals surface area contributed by atoms with Crippen molar-refractivity contribution < 1.29 is 9.59 Å². The number of amides is 2. The zero-order valence-electron chi connectivity index (χ0n) is 14.3. The Morgan fingerprint density at radius 3 is 2.52 bits per heavy atom. The highest BCUT2D eigenvalue weighted by Crippen LogP contribution is 2.29. The molecule has 134 valence electrons. The third-order valence-electron chi connectivity index (χ3n) is 4.99. The van der Waals surface area contributed by atoms with Crippen LogP contribution in [-0.2, 0) is 9.59 Å². The summed E-state index contributed by atoms with van der Waals surface area (Å²) >= 11 is 0. The van der Waals surface area contributed by atoms with Crippen molar-refractivity contribution in [3.8, 4) is 0 Å². The SMILES string of the molecule is CCCCNC(=O)C1(NC(=O)C2CCCNC2)CCCCC1.Cl. The Morgan fingerprint density at radius 1 is 1.17 bits per heavy atom. The lowest BCUT2D eigenvalue weighted by atomic mass is 9.80. The number of unbranched alkanes of at least 4 members (excludes halogenated alkanes) is 1. The fourth-order valence-electron chi connectivity index (χ4n) is 3.53. The maximum Gasteiger partial charge on any atom is 0.245 e. The van der Waals surface area contributed by atoms with E-state index >= 15 is 0 Å². The molecule has 6 heteroatoms. The molecule has 0 spiro atoms. The number of rotatable bonds is 6. The molecule has 2 fully saturated rings. The van der Waals surface area contributed by atoms with Gasteiger partial charge in [-0.2, -0.15) is 0 Å². The van der Waals surface area contributed by atoms with Crippen molar-refractivity contribution in [2.45, 2.75) is 70.3 Å². The summed E-state index contributed by atoms with van der Waals surface area (Å²) in [7, 11) is 0. The predicted molar refractivity (Wildman–Crippen MR) is 94.7 cm³/mol. The Morgan fingerprint density at radius 2 is 1.91 bits per heavy atom. The van der Waals surface area contributed by atoms with Crippen LogP contribution < -0.4 is 16.0 Å². The van der Waals surface area contributed by atoms with Gasteiger partial charge in [0.05, 0.1) is 5.92 Å². The lowest BCUT2D eigenvalue weighted by Gasteiger charge is -2.38. The molecule has 1 saturated carbocycles. The summed E-state index contributed by atoms with van der Waals surface area (Å²) in [4.78, 5) is 25.2. The molecule has 0 bridgehead atoms. The molecule has 0 aromatic heterocycles. The molecule has 5 nitrogen and oxygen atoms in total. The van der Waals surface area contributed by atoms with E-state index in [1.165, 1.54) is 0 Å². The van der Waals surface area contributed by atoms with Crippen molar-refractivity contribution in [2.24, 2.45) is 5.92 Å². The van der Waals surface area contributed by atoms with E-state index in [0.29, 0.717) is 6.54 Å². The number of piperidine rings is 1. The summed E-state index contributed by atoms with van der Waals surface area (Å²) in [6.45, 7) is 4.55. The van der Waals surface area contributed by atoms with E-state index in [1.807, 2.05) is 0 Å². The first kappa shape index (κ1) is 20.2. The van der Waals surface area contributed by atoms with E-state index in [0.717, 1.165) is 70.9 Å². The standard InChI is InChI=1S/C17H31N3O2.ClH/c1-2-3-12-19-16(22)17(9-5-4-6-10-17)20-15(21)14-8-7-11-18-13-14;/h14,18H,2-13H2,1H3,(H,19,22)(H,20,21);1H. The third kappa shape index (κ3) is 5.64. The second-order valence-corrected chi connectivity index (χ2v) is 6.78. The van der Waals surface area contributed by atoms with Gasteiger partial charge >= 0.3 is 0 Å². The van der Waals surface area contributed by atoms with Crippen molar-refractivity contribution in [1.82, 2.24) is 16.0 Å². The maximum absolute atomic E-state index is 12.7. The first-order valence-corrected chi connectivity index (χ1v) is 8.99. The molecule has 1 heterocycles. The molecule has 23 heavy (non-hydrogen) atoms. The van der Waals surface area contributed by atoms with E-state index in [1.54, 1.807) is 0 Å². The summed E-state index contributed by atoms with van der Waals surface area (Å²) in [5, 5.41) is 9.45. The monoisotopic (exact) mass is 345 g/mol. The molecule has 2 amide bonds. The van der Waals surface area contributed by atoms with Gasteiger partial charge in [-0.25, -0.2) is 0 Å². The van der Waals surface area contributed by atoms with Crippen LogP contribution in [0.3, 0.4) is 0 Å². The average Bonchev–Trinajstić information content (AvgIpc) is 2.56. The lowest BCUT2D eigenvalue weighted by molar-refractivity contribution is -0.137. The van der Waals surface area contributed by atoms with Crippen LogP contribution in [-0.4, -0.2) is 37.0 Å². The normalized spacial score (nSPS) is 23.4. The predicted octanol–water partition coefficient (Wildman–Crippen LogP) is 2.14. The molecule has 2 rings (SSSR count). The van der Waals surface area contributed by atoms with Crippen molar-refractivity contribution in [3.63, 3.8) is 0 Å². The number of carbonyl (C=O) groups excluding carboxylic acids is 2. The highest BCUT2D eigenvalue weighted by molar-refractivity contribution is 5.92. The molecule has 1 aliphatic carbocycles. The Bertz CT molecular complexity index is 378. The molecule has 1 aliphatic heterocycles. The zero-order valence-corrected chi connectivity index (χ0v) is 15.1. The Kier molecular flexibility index (Phi) is 8.92. The van der Waals surface area contributed by atoms with Gasteiger partial charge in [-0.15, -0.1) is 12.4 Å². The molecule has 0 aromatic carbocycles. The number of halogens is 1. The largest absolute Gasteiger partial charge is 0.354 e. The number of nitrogens with one attached hydrogen (secondary N) is 3. The first-order valence-electron chi connectivity index (χ1n) is 8.99. The van der Waals surface area contributed by atoms with Crippen LogP contribution in [0.5, 0.6) is 0 Å². The maximum atomic E-state index is 12.7. The minimum absolute atomic E-state index is 0. The van der Waals surface area contributed by atoms with Crippen LogP contribution in [0.1, 0.15) is 64.7 Å². The average molecular weight is 346 g/mol. The molecule has 0 radical (unpaired) electrons. The second kappa shape index (κ2) is 10.1. The van der Waals surface area contributed by atoms with Gasteiger partial charge in [0.2, 0.25) is 11.8 Å². The highest BCUT2D eigenvalue weighted by Gasteiger charge is 2.41. The van der Waals surface area contributed by atoms with Crippen molar-refractivity contribution in [2.75, 3.05) is 19.6 Å². The van der Waals surface area contributed by atoms with Crippen molar-refractivity contribution >= 4 is 24.2 Å². The summed E-state index contributed by atoms with van der Waals surface area (Å²) in [5.74, 6) is 0.0912. The Hall–Kier alpha value is -0.810. The van der Waals surface area contributed by atoms with Crippen molar-refractivity contribution in [1.29, 1.82) is 0 Å². The van der Waals surface area contributed by atoms with Crippen LogP contribution in [0, 0.1) is 5.92 Å². The van der Waals surface area contributed by atoms with E-state index in [4.69, 9.17) is 0 Å². The quantitative estimate of drug-likeness (QED) is 0.646. The van der Waals surface area contributed by atoms with E-state index in [9.17, 15) is 9.59 Å². The molecular weight excluding hydrogens is 314 g/mol. The van der Waals surface area contributed by atoms with Gasteiger partial charge in [0.25, 0.3) is 0 Å². The number of hydrogen-bond acceptors (Lipinski definition) is 3. The van der Waals surface area contributed by atoms with Gasteiger partial charge in [0.1, 0.15) is 5.54 Å². The van der Waals surface area contributed by atoms with Gasteiger partial charge in [0, 0.05) is 13.1 Å². The Balaban J connectivity index is 0.00000264. The van der Waals surface area contributed by atoms with E-state index in [2.05, 4.69) is 22.9 Å². The lowest BCUT2D eigenvalue weighted by Crippen LogP contribution is -2.61. The van der Waals surface area contributed by atoms with Crippen LogP contribution in [0.15, 0.2) is 0 Å². The smallest absolute Gasteiger partial charge is 0.245 e. The summed E-state index contributed by atoms with van der Waals surface area (Å²) in [6.07, 6.45) is 8.75. The Labute approximate surface area is 146 Å². The molecule has 0 aromatic rings. The molecule has 1 unspecified atom stereocenters. The van der Waals surface area contributed by atoms with E-state index in [-0.39, 0.29) is 30.1 Å². The molecule has 2 aliphatic rings. The van der Waals surface area contributed by atoms with Crippen LogP contribution >= 0.6 is 12.4 Å². The van der Waals surface area contributed by atoms with Gasteiger partial charge in [-0.3, -0.25) is 9.59 Å². The van der Waals surface area contributed by atoms with Gasteiger partial charge < -0.3 is 16.0 Å². The fraction of sp³-hybridized carbons (Fsp3) is 0.882. The molecular formula is C17H32ClN3O2. The molecule has 1 atom stereocenters. The highest BCUT2D eigenvalue weighted by atomic mass is 35.5. The zero-order chi connectivity index (χ0) is 15.8. The van der Waals surface area contributed by atoms with Gasteiger partial charge in [0.15, 0.2) is 0 Å². The van der Waals surface area contributed by atoms with Crippen LogP contribution in [0.25, 0.3) is 0 Å². The summed E-state index contributed by atoms with van der Waals surface area (Å²) < 4.78 is 0. The molecule has 1 saturated heterocycles. The first-order chi connectivity index (χ1) is 10.7. The fourth-order valence-corrected chi connectivity index (χ4v) is 3.53. The summed E-state index contributed by atoms with van der Waals surface area (Å²) in [6, 6.07) is 0. The minimum atomic E-state index is -0.666. The summed E-state index contributed by atoms with van der Waals surface area (Å²) in [5.41, 5.74) is -0.666. The molecule has 3 N–H and O–H groups in total. The van der Waals surface area contributed by atoms with Gasteiger partial charge in [-0.1, -0.05) is 32.6 Å². The van der Waals surface area contributed by atoms with Gasteiger partial charge in [-0.05, 0) is 38.6 Å². The number of carbonyl (C=O) groups is 2. The second-order valence-electron chi connectivity index (χ2n) is 6.78. The topological polar surface area (TPSA) is 70.2 Å².